The molecule has 0 aromatic carbocycles. The lowest BCUT2D eigenvalue weighted by molar-refractivity contribution is -0.164. The second kappa shape index (κ2) is 17.8. The van der Waals surface area contributed by atoms with Gasteiger partial charge in [-0.15, -0.1) is 0 Å². The Labute approximate surface area is 168 Å². The third-order valence-electron chi connectivity index (χ3n) is 4.23. The zero-order chi connectivity index (χ0) is 20.3. The number of unbranched alkanes of at least 4 members (excludes halogenated alkanes) is 4. The predicted molar refractivity (Wildman–Crippen MR) is 102 cm³/mol. The molecule has 1 fully saturated rings. The van der Waals surface area contributed by atoms with E-state index >= 15 is 0 Å². The zero-order valence-corrected chi connectivity index (χ0v) is 17.2. The molecule has 0 amide bonds. The van der Waals surface area contributed by atoms with Crippen molar-refractivity contribution in [2.24, 2.45) is 5.92 Å². The third-order valence-corrected chi connectivity index (χ3v) is 4.23. The van der Waals surface area contributed by atoms with Gasteiger partial charge in [-0.05, 0) is 6.42 Å². The van der Waals surface area contributed by atoms with E-state index in [1.807, 2.05) is 0 Å². The molecular weight excluding hydrogens is 368 g/mol. The molecule has 1 rings (SSSR count). The fraction of sp³-hybridized carbons (Fsp3) is 0.900. The van der Waals surface area contributed by atoms with Gasteiger partial charge in [-0.3, -0.25) is 9.59 Å². The number of cyclic esters (lactones) is 2. The molecule has 8 heteroatoms. The highest BCUT2D eigenvalue weighted by molar-refractivity contribution is 5.94. The van der Waals surface area contributed by atoms with Crippen LogP contribution in [0.4, 0.5) is 0 Å². The second-order valence-electron chi connectivity index (χ2n) is 6.54. The quantitative estimate of drug-likeness (QED) is 0.378. The maximum Gasteiger partial charge on any atom is 0.320 e. The van der Waals surface area contributed by atoms with Gasteiger partial charge in [0.25, 0.3) is 0 Å². The molecule has 0 aromatic rings. The highest BCUT2D eigenvalue weighted by Gasteiger charge is 2.29. The molecule has 0 atom stereocenters. The Morgan fingerprint density at radius 1 is 0.607 bits per heavy atom. The number of carbonyl (C=O) groups excluding carboxylic acids is 2. The van der Waals surface area contributed by atoms with Crippen molar-refractivity contribution in [2.75, 3.05) is 66.1 Å². The van der Waals surface area contributed by atoms with Crippen molar-refractivity contribution >= 4 is 11.9 Å². The number of esters is 2. The average Bonchev–Trinajstić information content (AvgIpc) is 2.69. The minimum Gasteiger partial charge on any atom is -0.463 e. The van der Waals surface area contributed by atoms with Crippen LogP contribution in [-0.4, -0.2) is 78.0 Å². The molecule has 1 saturated heterocycles. The molecular formula is C20H36O8. The Morgan fingerprint density at radius 3 is 1.43 bits per heavy atom. The Hall–Kier alpha value is -1.22. The maximum absolute atomic E-state index is 12.3. The average molecular weight is 405 g/mol. The van der Waals surface area contributed by atoms with Crippen LogP contribution in [0.15, 0.2) is 0 Å². The number of hydrogen-bond donors (Lipinski definition) is 0. The monoisotopic (exact) mass is 404 g/mol. The summed E-state index contributed by atoms with van der Waals surface area (Å²) in [5, 5.41) is 0. The summed E-state index contributed by atoms with van der Waals surface area (Å²) in [5.41, 5.74) is 0. The van der Waals surface area contributed by atoms with Crippen molar-refractivity contribution in [2.45, 2.75) is 45.4 Å². The molecule has 0 N–H and O–H groups in total. The molecule has 1 heterocycles. The number of carbonyl (C=O) groups is 2. The Balaban J connectivity index is 2.46. The molecule has 0 spiro atoms. The van der Waals surface area contributed by atoms with E-state index in [4.69, 9.17) is 28.4 Å². The third kappa shape index (κ3) is 13.0. The van der Waals surface area contributed by atoms with Gasteiger partial charge in [0.2, 0.25) is 0 Å². The van der Waals surface area contributed by atoms with Gasteiger partial charge >= 0.3 is 11.9 Å². The van der Waals surface area contributed by atoms with E-state index in [2.05, 4.69) is 6.92 Å². The van der Waals surface area contributed by atoms with Crippen LogP contribution in [0.25, 0.3) is 0 Å². The first kappa shape index (κ1) is 24.8. The van der Waals surface area contributed by atoms with Crippen molar-refractivity contribution < 1.29 is 38.0 Å². The molecule has 1 aliphatic rings. The van der Waals surface area contributed by atoms with E-state index in [-0.39, 0.29) is 26.4 Å². The lowest BCUT2D eigenvalue weighted by Crippen LogP contribution is -2.30. The van der Waals surface area contributed by atoms with Crippen LogP contribution in [0, 0.1) is 5.92 Å². The maximum atomic E-state index is 12.3. The van der Waals surface area contributed by atoms with Gasteiger partial charge in [0, 0.05) is 0 Å². The smallest absolute Gasteiger partial charge is 0.320 e. The SMILES string of the molecule is CCCCCCCC1C(=O)OCCOCCOCCOCCOCCOC1=O. The van der Waals surface area contributed by atoms with Crippen molar-refractivity contribution in [1.29, 1.82) is 0 Å². The van der Waals surface area contributed by atoms with Crippen molar-refractivity contribution in [3.63, 3.8) is 0 Å². The summed E-state index contributed by atoms with van der Waals surface area (Å²) in [6.45, 7) is 5.54. The zero-order valence-electron chi connectivity index (χ0n) is 17.2. The lowest BCUT2D eigenvalue weighted by atomic mass is 10.0. The molecule has 0 aromatic heterocycles. The second-order valence-corrected chi connectivity index (χ2v) is 6.54. The number of ether oxygens (including phenoxy) is 6. The van der Waals surface area contributed by atoms with E-state index in [0.717, 1.165) is 32.1 Å². The number of hydrogen-bond acceptors (Lipinski definition) is 8. The van der Waals surface area contributed by atoms with Crippen molar-refractivity contribution in [3.8, 4) is 0 Å². The summed E-state index contributed by atoms with van der Waals surface area (Å²) in [6.07, 6.45) is 5.60. The normalized spacial score (nSPS) is 20.5. The highest BCUT2D eigenvalue weighted by Crippen LogP contribution is 2.15. The molecule has 1 aliphatic heterocycles. The van der Waals surface area contributed by atoms with Crippen LogP contribution in [0.2, 0.25) is 0 Å². The Bertz CT molecular complexity index is 372. The summed E-state index contributed by atoms with van der Waals surface area (Å²) < 4.78 is 31.9. The van der Waals surface area contributed by atoms with Crippen LogP contribution in [0.1, 0.15) is 45.4 Å². The van der Waals surface area contributed by atoms with Gasteiger partial charge in [0.15, 0.2) is 5.92 Å². The van der Waals surface area contributed by atoms with Gasteiger partial charge in [-0.25, -0.2) is 0 Å². The molecule has 8 nitrogen and oxygen atoms in total. The topological polar surface area (TPSA) is 89.5 Å². The minimum absolute atomic E-state index is 0.102. The van der Waals surface area contributed by atoms with Crippen LogP contribution in [0.5, 0.6) is 0 Å². The van der Waals surface area contributed by atoms with Gasteiger partial charge < -0.3 is 28.4 Å². The van der Waals surface area contributed by atoms with Crippen molar-refractivity contribution in [3.05, 3.63) is 0 Å². The molecule has 0 unspecified atom stereocenters. The highest BCUT2D eigenvalue weighted by atomic mass is 16.6. The standard InChI is InChI=1S/C20H36O8/c1-2-3-4-5-6-7-18-19(21)27-16-14-25-12-10-23-8-9-24-11-13-26-15-17-28-20(18)22/h18H,2-17H2,1H3. The molecule has 0 radical (unpaired) electrons. The predicted octanol–water partition coefficient (Wildman–Crippen LogP) is 2.13. The summed E-state index contributed by atoms with van der Waals surface area (Å²) in [7, 11) is 0. The summed E-state index contributed by atoms with van der Waals surface area (Å²) in [4.78, 5) is 24.7. The van der Waals surface area contributed by atoms with Crippen molar-refractivity contribution in [1.82, 2.24) is 0 Å². The van der Waals surface area contributed by atoms with E-state index in [9.17, 15) is 9.59 Å². The summed E-state index contributed by atoms with van der Waals surface area (Å²) in [6, 6.07) is 0. The van der Waals surface area contributed by atoms with Gasteiger partial charge in [-0.2, -0.15) is 0 Å². The van der Waals surface area contributed by atoms with E-state index in [0.29, 0.717) is 46.1 Å². The van der Waals surface area contributed by atoms with E-state index < -0.39 is 17.9 Å². The lowest BCUT2D eigenvalue weighted by Gasteiger charge is -2.15. The van der Waals surface area contributed by atoms with Crippen LogP contribution < -0.4 is 0 Å². The van der Waals surface area contributed by atoms with E-state index in [1.54, 1.807) is 0 Å². The fourth-order valence-electron chi connectivity index (χ4n) is 2.65. The van der Waals surface area contributed by atoms with Gasteiger partial charge in [0.1, 0.15) is 13.2 Å². The largest absolute Gasteiger partial charge is 0.463 e. The summed E-state index contributed by atoms with van der Waals surface area (Å²) >= 11 is 0. The molecule has 0 aliphatic carbocycles. The fourth-order valence-corrected chi connectivity index (χ4v) is 2.65. The van der Waals surface area contributed by atoms with Crippen LogP contribution in [-0.2, 0) is 38.0 Å². The minimum atomic E-state index is -0.893. The molecule has 28 heavy (non-hydrogen) atoms. The van der Waals surface area contributed by atoms with Gasteiger partial charge in [-0.1, -0.05) is 39.0 Å². The van der Waals surface area contributed by atoms with Crippen LogP contribution in [0.3, 0.4) is 0 Å². The Morgan fingerprint density at radius 2 is 1.00 bits per heavy atom. The molecule has 0 bridgehead atoms. The summed E-state index contributed by atoms with van der Waals surface area (Å²) in [5.74, 6) is -1.99. The van der Waals surface area contributed by atoms with Gasteiger partial charge in [0.05, 0.1) is 52.9 Å². The molecule has 0 saturated carbocycles. The first-order chi connectivity index (χ1) is 13.8. The van der Waals surface area contributed by atoms with Crippen LogP contribution >= 0.6 is 0 Å². The first-order valence-corrected chi connectivity index (χ1v) is 10.4. The Kier molecular flexibility index (Phi) is 15.8. The number of rotatable bonds is 6. The van der Waals surface area contributed by atoms with E-state index in [1.165, 1.54) is 0 Å². The first-order valence-electron chi connectivity index (χ1n) is 10.4. The molecule has 164 valence electrons.